The second kappa shape index (κ2) is 15.3. The zero-order chi connectivity index (χ0) is 32.7. The number of aliphatic carboxylic acids is 1. The molecule has 246 valence electrons. The van der Waals surface area contributed by atoms with Crippen molar-refractivity contribution >= 4 is 23.5 Å². The van der Waals surface area contributed by atoms with E-state index in [1.54, 1.807) is 12.2 Å². The minimum atomic E-state index is -0.835. The first-order valence-electron chi connectivity index (χ1n) is 16.0. The van der Waals surface area contributed by atoms with Gasteiger partial charge < -0.3 is 19.8 Å². The van der Waals surface area contributed by atoms with Gasteiger partial charge in [-0.3, -0.25) is 19.2 Å². The average molecular weight is 620 g/mol. The number of carbonyl (C=O) groups is 4. The minimum Gasteiger partial charge on any atom is -0.481 e. The van der Waals surface area contributed by atoms with Crippen LogP contribution < -0.4 is 0 Å². The quantitative estimate of drug-likeness (QED) is 0.120. The van der Waals surface area contributed by atoms with Crippen molar-refractivity contribution < 1.29 is 44.1 Å². The van der Waals surface area contributed by atoms with Gasteiger partial charge in [-0.05, 0) is 80.3 Å². The molecule has 0 spiro atoms. The SMILES string of the molecule is CC1CC2C3CCC4=CC(=O)C=CC4(C)C3C(O)CC2(C)C1C(=O)COC(=O)CCCCCO[N+](=O)[O-].CCCCC(=O)O. The summed E-state index contributed by atoms with van der Waals surface area (Å²) in [7, 11) is 0. The number of carbonyl (C=O) groups excluding carboxylic acids is 3. The lowest BCUT2D eigenvalue weighted by Crippen LogP contribution is -2.56. The smallest absolute Gasteiger partial charge is 0.306 e. The summed E-state index contributed by atoms with van der Waals surface area (Å²) in [6.45, 7) is 8.07. The highest BCUT2D eigenvalue weighted by Gasteiger charge is 2.64. The van der Waals surface area contributed by atoms with Gasteiger partial charge in [-0.15, -0.1) is 10.1 Å². The number of ketones is 2. The molecule has 8 atom stereocenters. The number of ether oxygens (including phenoxy) is 1. The molecule has 0 saturated heterocycles. The minimum absolute atomic E-state index is 0.00127. The van der Waals surface area contributed by atoms with Crippen molar-refractivity contribution in [3.63, 3.8) is 0 Å². The molecule has 11 heteroatoms. The zero-order valence-electron chi connectivity index (χ0n) is 26.5. The van der Waals surface area contributed by atoms with E-state index in [0.717, 1.165) is 37.7 Å². The highest BCUT2D eigenvalue weighted by Crippen LogP contribution is 2.67. The van der Waals surface area contributed by atoms with Gasteiger partial charge in [0, 0.05) is 30.1 Å². The Morgan fingerprint density at radius 3 is 2.50 bits per heavy atom. The van der Waals surface area contributed by atoms with Crippen LogP contribution in [0.1, 0.15) is 98.3 Å². The predicted molar refractivity (Wildman–Crippen MR) is 161 cm³/mol. The van der Waals surface area contributed by atoms with Crippen molar-refractivity contribution in [2.75, 3.05) is 13.2 Å². The van der Waals surface area contributed by atoms with Gasteiger partial charge in [0.05, 0.1) is 12.7 Å². The van der Waals surface area contributed by atoms with Crippen LogP contribution in [0.25, 0.3) is 0 Å². The van der Waals surface area contributed by atoms with Crippen LogP contribution in [0.4, 0.5) is 0 Å². The molecule has 0 aromatic rings. The van der Waals surface area contributed by atoms with Crippen LogP contribution in [0.5, 0.6) is 0 Å². The topological polar surface area (TPSA) is 170 Å². The number of hydrogen-bond donors (Lipinski definition) is 2. The highest BCUT2D eigenvalue weighted by atomic mass is 16.9. The molecule has 4 rings (SSSR count). The van der Waals surface area contributed by atoms with E-state index in [9.17, 15) is 34.4 Å². The number of hydrogen-bond acceptors (Lipinski definition) is 9. The molecule has 0 aromatic heterocycles. The number of carboxylic acid groups (broad SMARTS) is 1. The second-order valence-electron chi connectivity index (χ2n) is 13.5. The number of rotatable bonds is 13. The molecule has 0 amide bonds. The first kappa shape index (κ1) is 35.4. The lowest BCUT2D eigenvalue weighted by molar-refractivity contribution is -0.757. The molecular formula is C33H49NO10. The Balaban J connectivity index is 0.000000676. The van der Waals surface area contributed by atoms with Crippen LogP contribution >= 0.6 is 0 Å². The van der Waals surface area contributed by atoms with E-state index < -0.39 is 23.1 Å². The van der Waals surface area contributed by atoms with Crippen LogP contribution in [0.3, 0.4) is 0 Å². The molecule has 4 aliphatic rings. The number of esters is 1. The van der Waals surface area contributed by atoms with E-state index in [0.29, 0.717) is 32.1 Å². The Bertz CT molecular complexity index is 1150. The van der Waals surface area contributed by atoms with Crippen molar-refractivity contribution in [3.8, 4) is 0 Å². The summed E-state index contributed by atoms with van der Waals surface area (Å²) in [5, 5.41) is 28.8. The molecule has 0 bridgehead atoms. The maximum Gasteiger partial charge on any atom is 0.306 e. The van der Waals surface area contributed by atoms with E-state index in [4.69, 9.17) is 9.84 Å². The number of nitrogens with zero attached hydrogens (tertiary/aromatic N) is 1. The van der Waals surface area contributed by atoms with Crippen LogP contribution in [0.2, 0.25) is 0 Å². The number of unbranched alkanes of at least 4 members (excludes halogenated alkanes) is 3. The Kier molecular flexibility index (Phi) is 12.3. The van der Waals surface area contributed by atoms with Crippen LogP contribution in [0, 0.1) is 50.5 Å². The number of aliphatic hydroxyl groups is 1. The first-order valence-corrected chi connectivity index (χ1v) is 16.0. The van der Waals surface area contributed by atoms with Gasteiger partial charge in [0.1, 0.15) is 6.61 Å². The largest absolute Gasteiger partial charge is 0.481 e. The van der Waals surface area contributed by atoms with Crippen LogP contribution in [-0.2, 0) is 28.8 Å². The summed E-state index contributed by atoms with van der Waals surface area (Å²) in [6.07, 6.45) is 11.7. The molecular weight excluding hydrogens is 570 g/mol. The van der Waals surface area contributed by atoms with E-state index in [-0.39, 0.29) is 71.6 Å². The lowest BCUT2D eigenvalue weighted by Gasteiger charge is -2.58. The van der Waals surface area contributed by atoms with Crippen molar-refractivity contribution in [1.82, 2.24) is 0 Å². The molecule has 3 saturated carbocycles. The van der Waals surface area contributed by atoms with E-state index in [1.807, 2.05) is 13.0 Å². The standard InChI is InChI=1S/C28H39NO8.C5H10O2/c1-17-13-21-20-9-8-18-14-19(30)10-11-27(18,2)26(20)22(31)15-28(21,3)25(17)23(32)16-36-24(33)7-5-4-6-12-37-29(34)35;1-2-3-4-5(6)7/h10-11,14,17,20-22,25-26,31H,4-9,12-13,15-16H2,1-3H3;2-4H2,1H3,(H,6,7). The van der Waals surface area contributed by atoms with E-state index in [2.05, 4.69) is 25.6 Å². The van der Waals surface area contributed by atoms with Crippen LogP contribution in [-0.4, -0.2) is 58.1 Å². The number of fused-ring (bicyclic) bond motifs is 5. The number of carboxylic acids is 1. The molecule has 44 heavy (non-hydrogen) atoms. The Morgan fingerprint density at radius 2 is 1.86 bits per heavy atom. The van der Waals surface area contributed by atoms with Crippen molar-refractivity contribution in [2.45, 2.75) is 104 Å². The Hall–Kier alpha value is -3.08. The zero-order valence-corrected chi connectivity index (χ0v) is 26.5. The molecule has 8 unspecified atom stereocenters. The Morgan fingerprint density at radius 1 is 1.14 bits per heavy atom. The van der Waals surface area contributed by atoms with Gasteiger partial charge >= 0.3 is 11.9 Å². The second-order valence-corrected chi connectivity index (χ2v) is 13.5. The maximum atomic E-state index is 13.4. The normalized spacial score (nSPS) is 33.5. The summed E-state index contributed by atoms with van der Waals surface area (Å²) in [5.41, 5.74) is 0.403. The molecule has 3 fully saturated rings. The first-order chi connectivity index (χ1) is 20.7. The third-order valence-corrected chi connectivity index (χ3v) is 10.5. The van der Waals surface area contributed by atoms with Crippen molar-refractivity contribution in [1.29, 1.82) is 0 Å². The summed E-state index contributed by atoms with van der Waals surface area (Å²) in [6, 6.07) is 0. The molecule has 11 nitrogen and oxygen atoms in total. The van der Waals surface area contributed by atoms with Crippen LogP contribution in [0.15, 0.2) is 23.8 Å². The third-order valence-electron chi connectivity index (χ3n) is 10.5. The van der Waals surface area contributed by atoms with Gasteiger partial charge in [-0.2, -0.15) is 0 Å². The summed E-state index contributed by atoms with van der Waals surface area (Å²) < 4.78 is 5.33. The molecule has 0 radical (unpaired) electrons. The predicted octanol–water partition coefficient (Wildman–Crippen LogP) is 5.27. The molecule has 2 N–H and O–H groups in total. The van der Waals surface area contributed by atoms with Gasteiger partial charge in [0.2, 0.25) is 0 Å². The molecule has 0 aliphatic heterocycles. The number of Topliss-reactive ketones (excluding diaryl/α,β-unsaturated/α-hetero) is 1. The molecule has 4 aliphatic carbocycles. The number of allylic oxidation sites excluding steroid dienone is 4. The lowest BCUT2D eigenvalue weighted by atomic mass is 9.46. The van der Waals surface area contributed by atoms with Crippen molar-refractivity contribution in [3.05, 3.63) is 33.9 Å². The average Bonchev–Trinajstić information content (AvgIpc) is 3.22. The van der Waals surface area contributed by atoms with Gasteiger partial charge in [0.25, 0.3) is 5.09 Å². The molecule has 0 heterocycles. The maximum absolute atomic E-state index is 13.4. The fourth-order valence-electron chi connectivity index (χ4n) is 8.71. The summed E-state index contributed by atoms with van der Waals surface area (Å²) in [4.78, 5) is 61.7. The van der Waals surface area contributed by atoms with E-state index in [1.165, 1.54) is 0 Å². The van der Waals surface area contributed by atoms with Gasteiger partial charge in [-0.1, -0.05) is 52.2 Å². The van der Waals surface area contributed by atoms with Gasteiger partial charge in [-0.25, -0.2) is 0 Å². The summed E-state index contributed by atoms with van der Waals surface area (Å²) in [5.74, 6) is -0.803. The third kappa shape index (κ3) is 8.14. The van der Waals surface area contributed by atoms with Gasteiger partial charge in [0.15, 0.2) is 11.6 Å². The van der Waals surface area contributed by atoms with Crippen molar-refractivity contribution in [2.24, 2.45) is 40.4 Å². The van der Waals surface area contributed by atoms with E-state index >= 15 is 0 Å². The monoisotopic (exact) mass is 619 g/mol. The summed E-state index contributed by atoms with van der Waals surface area (Å²) >= 11 is 0. The fourth-order valence-corrected chi connectivity index (χ4v) is 8.71. The molecule has 0 aromatic carbocycles. The fraction of sp³-hybridized carbons (Fsp3) is 0.758. The highest BCUT2D eigenvalue weighted by molar-refractivity contribution is 6.01. The Labute approximate surface area is 259 Å². The number of aliphatic hydroxyl groups excluding tert-OH is 1.